The molecule has 8 heteroatoms. The fourth-order valence-electron chi connectivity index (χ4n) is 4.26. The number of benzene rings is 2. The van der Waals surface area contributed by atoms with Crippen LogP contribution in [0.5, 0.6) is 0 Å². The molecule has 200 valence electrons. The fourth-order valence-corrected chi connectivity index (χ4v) is 6.15. The highest BCUT2D eigenvalue weighted by molar-refractivity contribution is 7.99. The van der Waals surface area contributed by atoms with E-state index in [9.17, 15) is 4.79 Å². The number of imidazole rings is 1. The number of rotatable bonds is 15. The molecule has 0 atom stereocenters. The highest BCUT2D eigenvalue weighted by Crippen LogP contribution is 2.28. The minimum Gasteiger partial charge on any atom is -0.466 e. The van der Waals surface area contributed by atoms with Crippen LogP contribution in [0.2, 0.25) is 0 Å². The number of aromatic nitrogens is 3. The number of carbonyl (C=O) groups excluding carboxylic acids is 1. The second kappa shape index (κ2) is 15.0. The SMILES string of the molecule is CCOC(=O)CCCN(CCCSc1ccnc(CSc2nc3ccccc3[nH]2)c1C)Cc1ccccc1. The normalized spacial score (nSPS) is 11.3. The Morgan fingerprint density at radius 2 is 1.79 bits per heavy atom. The van der Waals surface area contributed by atoms with Crippen LogP contribution in [0.15, 0.2) is 76.9 Å². The lowest BCUT2D eigenvalue weighted by Crippen LogP contribution is -2.26. The number of nitrogens with zero attached hydrogens (tertiary/aromatic N) is 3. The maximum Gasteiger partial charge on any atom is 0.305 e. The first-order valence-electron chi connectivity index (χ1n) is 13.2. The molecular formula is C30H36N4O2S2. The molecule has 0 aliphatic rings. The zero-order valence-corrected chi connectivity index (χ0v) is 23.8. The van der Waals surface area contributed by atoms with Gasteiger partial charge >= 0.3 is 5.97 Å². The third-order valence-electron chi connectivity index (χ3n) is 6.26. The molecule has 0 aliphatic heterocycles. The van der Waals surface area contributed by atoms with Crippen molar-refractivity contribution in [1.82, 2.24) is 19.9 Å². The molecule has 2 aromatic heterocycles. The maximum absolute atomic E-state index is 11.8. The Balaban J connectivity index is 1.27. The summed E-state index contributed by atoms with van der Waals surface area (Å²) in [6.45, 7) is 7.23. The van der Waals surface area contributed by atoms with Gasteiger partial charge in [0.2, 0.25) is 0 Å². The second-order valence-electron chi connectivity index (χ2n) is 9.10. The van der Waals surface area contributed by atoms with Crippen molar-refractivity contribution in [3.8, 4) is 0 Å². The van der Waals surface area contributed by atoms with Gasteiger partial charge in [-0.2, -0.15) is 0 Å². The Morgan fingerprint density at radius 3 is 2.61 bits per heavy atom. The van der Waals surface area contributed by atoms with Gasteiger partial charge in [0.05, 0.1) is 23.3 Å². The van der Waals surface area contributed by atoms with Gasteiger partial charge in [-0.1, -0.05) is 54.2 Å². The van der Waals surface area contributed by atoms with Gasteiger partial charge in [0.1, 0.15) is 0 Å². The predicted molar refractivity (Wildman–Crippen MR) is 158 cm³/mol. The molecule has 2 aromatic carbocycles. The third kappa shape index (κ3) is 8.61. The Labute approximate surface area is 234 Å². The summed E-state index contributed by atoms with van der Waals surface area (Å²) in [5, 5.41) is 0.923. The van der Waals surface area contributed by atoms with Crippen LogP contribution in [0.25, 0.3) is 11.0 Å². The lowest BCUT2D eigenvalue weighted by molar-refractivity contribution is -0.143. The highest BCUT2D eigenvalue weighted by atomic mass is 32.2. The Hall–Kier alpha value is -2.81. The van der Waals surface area contributed by atoms with E-state index < -0.39 is 0 Å². The third-order valence-corrected chi connectivity index (χ3v) is 8.39. The minimum atomic E-state index is -0.106. The van der Waals surface area contributed by atoms with Gasteiger partial charge in [-0.05, 0) is 74.9 Å². The number of fused-ring (bicyclic) bond motifs is 1. The van der Waals surface area contributed by atoms with Gasteiger partial charge in [-0.25, -0.2) is 4.98 Å². The smallest absolute Gasteiger partial charge is 0.305 e. The summed E-state index contributed by atoms with van der Waals surface area (Å²) in [6.07, 6.45) is 4.27. The van der Waals surface area contributed by atoms with Crippen molar-refractivity contribution in [2.45, 2.75) is 55.5 Å². The summed E-state index contributed by atoms with van der Waals surface area (Å²) < 4.78 is 5.09. The van der Waals surface area contributed by atoms with Gasteiger partial charge in [-0.3, -0.25) is 14.7 Å². The average molecular weight is 549 g/mol. The van der Waals surface area contributed by atoms with E-state index in [-0.39, 0.29) is 5.97 Å². The molecule has 2 heterocycles. The zero-order valence-electron chi connectivity index (χ0n) is 22.2. The average Bonchev–Trinajstić information content (AvgIpc) is 3.35. The molecule has 4 rings (SSSR count). The molecule has 6 nitrogen and oxygen atoms in total. The van der Waals surface area contributed by atoms with Crippen molar-refractivity contribution in [3.05, 3.63) is 83.7 Å². The topological polar surface area (TPSA) is 71.1 Å². The lowest BCUT2D eigenvalue weighted by atomic mass is 10.2. The summed E-state index contributed by atoms with van der Waals surface area (Å²) in [5.74, 6) is 1.71. The lowest BCUT2D eigenvalue weighted by Gasteiger charge is -2.22. The first-order chi connectivity index (χ1) is 18.6. The molecule has 4 aromatic rings. The molecule has 0 fully saturated rings. The van der Waals surface area contributed by atoms with Gasteiger partial charge in [0.25, 0.3) is 0 Å². The van der Waals surface area contributed by atoms with Crippen molar-refractivity contribution in [2.24, 2.45) is 0 Å². The number of aromatic amines is 1. The maximum atomic E-state index is 11.8. The van der Waals surface area contributed by atoms with E-state index in [0.29, 0.717) is 13.0 Å². The number of ether oxygens (including phenoxy) is 1. The van der Waals surface area contributed by atoms with Crippen LogP contribution in [-0.2, 0) is 21.8 Å². The number of esters is 1. The fraction of sp³-hybridized carbons (Fsp3) is 0.367. The van der Waals surface area contributed by atoms with Crippen LogP contribution in [0, 0.1) is 6.92 Å². The number of nitrogens with one attached hydrogen (secondary N) is 1. The van der Waals surface area contributed by atoms with Crippen LogP contribution in [-0.4, -0.2) is 51.3 Å². The first-order valence-corrected chi connectivity index (χ1v) is 15.2. The molecule has 0 bridgehead atoms. The molecule has 0 saturated heterocycles. The van der Waals surface area contributed by atoms with Crippen LogP contribution < -0.4 is 0 Å². The van der Waals surface area contributed by atoms with Crippen molar-refractivity contribution in [2.75, 3.05) is 25.4 Å². The van der Waals surface area contributed by atoms with Crippen LogP contribution in [0.4, 0.5) is 0 Å². The van der Waals surface area contributed by atoms with E-state index in [0.717, 1.165) is 65.9 Å². The molecule has 0 saturated carbocycles. The minimum absolute atomic E-state index is 0.106. The van der Waals surface area contributed by atoms with E-state index in [2.05, 4.69) is 63.2 Å². The first kappa shape index (κ1) is 28.2. The summed E-state index contributed by atoms with van der Waals surface area (Å²) >= 11 is 3.59. The Bertz CT molecular complexity index is 1260. The van der Waals surface area contributed by atoms with Gasteiger partial charge in [-0.15, -0.1) is 11.8 Å². The van der Waals surface area contributed by atoms with Gasteiger partial charge in [0.15, 0.2) is 5.16 Å². The Kier molecular flexibility index (Phi) is 11.1. The number of para-hydroxylation sites is 2. The van der Waals surface area contributed by atoms with Crippen LogP contribution in [0.1, 0.15) is 43.0 Å². The van der Waals surface area contributed by atoms with E-state index in [1.807, 2.05) is 49.1 Å². The number of H-pyrrole nitrogens is 1. The summed E-state index contributed by atoms with van der Waals surface area (Å²) in [5.41, 5.74) is 5.70. The molecule has 0 amide bonds. The monoisotopic (exact) mass is 548 g/mol. The van der Waals surface area contributed by atoms with Crippen molar-refractivity contribution in [3.63, 3.8) is 0 Å². The van der Waals surface area contributed by atoms with Crippen molar-refractivity contribution < 1.29 is 9.53 Å². The standard InChI is InChI=1S/C30H36N4O2S2/c1-3-36-29(35)15-9-18-34(21-24-11-5-4-6-12-24)19-10-20-37-28-16-17-31-27(23(28)2)22-38-30-32-25-13-7-8-14-26(25)33-30/h4-8,11-14,16-17H,3,9-10,15,18-22H2,1-2H3,(H,32,33). The van der Waals surface area contributed by atoms with Gasteiger partial charge < -0.3 is 9.72 Å². The van der Waals surface area contributed by atoms with Gasteiger partial charge in [0, 0.05) is 29.8 Å². The number of thioether (sulfide) groups is 2. The second-order valence-corrected chi connectivity index (χ2v) is 11.2. The molecular weight excluding hydrogens is 512 g/mol. The van der Waals surface area contributed by atoms with Crippen molar-refractivity contribution in [1.29, 1.82) is 0 Å². The predicted octanol–water partition coefficient (Wildman–Crippen LogP) is 6.89. The van der Waals surface area contributed by atoms with E-state index >= 15 is 0 Å². The quantitative estimate of drug-likeness (QED) is 0.0986. The van der Waals surface area contributed by atoms with Crippen LogP contribution >= 0.6 is 23.5 Å². The molecule has 0 spiro atoms. The Morgan fingerprint density at radius 1 is 1.00 bits per heavy atom. The molecule has 1 N–H and O–H groups in total. The molecule has 0 unspecified atom stereocenters. The molecule has 0 aliphatic carbocycles. The molecule has 38 heavy (non-hydrogen) atoms. The van der Waals surface area contributed by atoms with Crippen molar-refractivity contribution >= 4 is 40.5 Å². The highest BCUT2D eigenvalue weighted by Gasteiger charge is 2.11. The number of pyridine rings is 1. The van der Waals surface area contributed by atoms with E-state index in [1.54, 1.807) is 11.8 Å². The largest absolute Gasteiger partial charge is 0.466 e. The number of hydrogen-bond acceptors (Lipinski definition) is 7. The number of carbonyl (C=O) groups is 1. The summed E-state index contributed by atoms with van der Waals surface area (Å²) in [6, 6.07) is 20.8. The zero-order chi connectivity index (χ0) is 26.6. The van der Waals surface area contributed by atoms with E-state index in [1.165, 1.54) is 16.0 Å². The summed E-state index contributed by atoms with van der Waals surface area (Å²) in [7, 11) is 0. The number of hydrogen-bond donors (Lipinski definition) is 1. The van der Waals surface area contributed by atoms with Crippen LogP contribution in [0.3, 0.4) is 0 Å². The van der Waals surface area contributed by atoms with E-state index in [4.69, 9.17) is 4.74 Å². The molecule has 0 radical (unpaired) electrons. The summed E-state index contributed by atoms with van der Waals surface area (Å²) in [4.78, 5) is 28.2.